The summed E-state index contributed by atoms with van der Waals surface area (Å²) in [6.07, 6.45) is 0. The van der Waals surface area contributed by atoms with Crippen LogP contribution in [0.25, 0.3) is 0 Å². The van der Waals surface area contributed by atoms with Gasteiger partial charge >= 0.3 is 5.97 Å². The van der Waals surface area contributed by atoms with E-state index < -0.39 is 0 Å². The molecule has 0 aliphatic carbocycles. The van der Waals surface area contributed by atoms with E-state index in [9.17, 15) is 4.79 Å². The average Bonchev–Trinajstić information content (AvgIpc) is 2.47. The number of methoxy groups -OCH3 is 1. The second-order valence-electron chi connectivity index (χ2n) is 4.54. The lowest BCUT2D eigenvalue weighted by atomic mass is 10.1. The molecule has 0 heterocycles. The van der Waals surface area contributed by atoms with Crippen molar-refractivity contribution >= 4 is 23.6 Å². The van der Waals surface area contributed by atoms with Crippen LogP contribution in [0.4, 0.5) is 5.69 Å². The molecule has 2 aromatic rings. The molecular weight excluding hydrogens is 270 g/mol. The van der Waals surface area contributed by atoms with Crippen molar-refractivity contribution in [3.05, 3.63) is 59.2 Å². The van der Waals surface area contributed by atoms with Gasteiger partial charge in [0.1, 0.15) is 0 Å². The summed E-state index contributed by atoms with van der Waals surface area (Å²) in [6.45, 7) is 4.06. The predicted molar refractivity (Wildman–Crippen MR) is 83.2 cm³/mol. The number of carbonyl (C=O) groups is 1. The Morgan fingerprint density at radius 1 is 1.10 bits per heavy atom. The first-order valence-electron chi connectivity index (χ1n) is 6.28. The summed E-state index contributed by atoms with van der Waals surface area (Å²) >= 11 is 1.52. The first kappa shape index (κ1) is 14.5. The van der Waals surface area contributed by atoms with Crippen molar-refractivity contribution in [1.29, 1.82) is 0 Å². The Bertz CT molecular complexity index is 608. The van der Waals surface area contributed by atoms with Gasteiger partial charge in [-0.25, -0.2) is 4.79 Å². The van der Waals surface area contributed by atoms with E-state index in [1.54, 1.807) is 6.07 Å². The Labute approximate surface area is 123 Å². The monoisotopic (exact) mass is 287 g/mol. The molecule has 3 nitrogen and oxygen atoms in total. The summed E-state index contributed by atoms with van der Waals surface area (Å²) in [7, 11) is 1.39. The fourth-order valence-corrected chi connectivity index (χ4v) is 2.42. The number of rotatable bonds is 4. The minimum Gasteiger partial charge on any atom is -0.465 e. The van der Waals surface area contributed by atoms with Crippen LogP contribution < -0.4 is 4.72 Å². The van der Waals surface area contributed by atoms with Crippen LogP contribution in [0.2, 0.25) is 0 Å². The van der Waals surface area contributed by atoms with Gasteiger partial charge in [-0.2, -0.15) is 0 Å². The fraction of sp³-hybridized carbons (Fsp3) is 0.188. The highest BCUT2D eigenvalue weighted by Gasteiger charge is 2.08. The second kappa shape index (κ2) is 6.48. The highest BCUT2D eigenvalue weighted by atomic mass is 32.2. The molecule has 0 bridgehead atoms. The normalized spacial score (nSPS) is 10.2. The zero-order chi connectivity index (χ0) is 14.5. The lowest BCUT2D eigenvalue weighted by Gasteiger charge is -2.10. The maximum Gasteiger partial charge on any atom is 0.337 e. The molecule has 0 unspecified atom stereocenters. The predicted octanol–water partition coefficient (Wildman–Crippen LogP) is 4.21. The van der Waals surface area contributed by atoms with Crippen LogP contribution in [-0.4, -0.2) is 13.1 Å². The minimum absolute atomic E-state index is 0.326. The lowest BCUT2D eigenvalue weighted by molar-refractivity contribution is 0.0601. The molecule has 0 aromatic heterocycles. The third kappa shape index (κ3) is 3.54. The van der Waals surface area contributed by atoms with Crippen LogP contribution in [0.3, 0.4) is 0 Å². The molecule has 0 fully saturated rings. The van der Waals surface area contributed by atoms with E-state index in [0.29, 0.717) is 5.56 Å². The van der Waals surface area contributed by atoms with Gasteiger partial charge in [-0.05, 0) is 55.6 Å². The number of hydrogen-bond donors (Lipinski definition) is 1. The average molecular weight is 287 g/mol. The van der Waals surface area contributed by atoms with Gasteiger partial charge in [0.25, 0.3) is 0 Å². The highest BCUT2D eigenvalue weighted by Crippen LogP contribution is 2.25. The molecule has 0 radical (unpaired) electrons. The number of anilines is 1. The van der Waals surface area contributed by atoms with E-state index in [0.717, 1.165) is 16.1 Å². The van der Waals surface area contributed by atoms with Crippen LogP contribution >= 0.6 is 11.9 Å². The number of ether oxygens (including phenoxy) is 1. The molecule has 4 heteroatoms. The summed E-state index contributed by atoms with van der Waals surface area (Å²) in [5, 5.41) is 0. The summed E-state index contributed by atoms with van der Waals surface area (Å²) in [4.78, 5) is 12.7. The first-order valence-corrected chi connectivity index (χ1v) is 7.10. The van der Waals surface area contributed by atoms with E-state index in [2.05, 4.69) is 35.9 Å². The molecule has 0 spiro atoms. The fourth-order valence-electron chi connectivity index (χ4n) is 1.70. The standard InChI is InChI=1S/C16H17NO2S/c1-11-4-8-14(9-5-11)20-17-15-10-13(16(18)19-3)7-6-12(15)2/h4-10,17H,1-3H3. The minimum atomic E-state index is -0.326. The van der Waals surface area contributed by atoms with Gasteiger partial charge in [0.2, 0.25) is 0 Å². The SMILES string of the molecule is COC(=O)c1ccc(C)c(NSc2ccc(C)cc2)c1. The maximum absolute atomic E-state index is 11.5. The molecule has 0 aliphatic heterocycles. The Morgan fingerprint density at radius 3 is 2.45 bits per heavy atom. The number of hydrogen-bond acceptors (Lipinski definition) is 4. The zero-order valence-electron chi connectivity index (χ0n) is 11.8. The van der Waals surface area contributed by atoms with E-state index in [4.69, 9.17) is 4.74 Å². The largest absolute Gasteiger partial charge is 0.465 e. The molecule has 2 aromatic carbocycles. The Hall–Kier alpha value is -1.94. The first-order chi connectivity index (χ1) is 9.60. The van der Waals surface area contributed by atoms with Crippen molar-refractivity contribution in [3.63, 3.8) is 0 Å². The Morgan fingerprint density at radius 2 is 1.80 bits per heavy atom. The van der Waals surface area contributed by atoms with Crippen LogP contribution in [0.1, 0.15) is 21.5 Å². The molecule has 2 rings (SSSR count). The third-order valence-electron chi connectivity index (χ3n) is 2.96. The van der Waals surface area contributed by atoms with Crippen molar-refractivity contribution < 1.29 is 9.53 Å². The molecule has 0 aliphatic rings. The molecule has 20 heavy (non-hydrogen) atoms. The molecule has 104 valence electrons. The van der Waals surface area contributed by atoms with Gasteiger partial charge in [-0.1, -0.05) is 23.8 Å². The number of benzene rings is 2. The van der Waals surface area contributed by atoms with E-state index in [1.165, 1.54) is 24.6 Å². The van der Waals surface area contributed by atoms with Crippen LogP contribution in [-0.2, 0) is 4.74 Å². The smallest absolute Gasteiger partial charge is 0.337 e. The zero-order valence-corrected chi connectivity index (χ0v) is 12.6. The Balaban J connectivity index is 2.12. The summed E-state index contributed by atoms with van der Waals surface area (Å²) < 4.78 is 8.01. The topological polar surface area (TPSA) is 38.3 Å². The van der Waals surface area contributed by atoms with Gasteiger partial charge in [0.15, 0.2) is 0 Å². The van der Waals surface area contributed by atoms with Gasteiger partial charge in [-0.3, -0.25) is 0 Å². The van der Waals surface area contributed by atoms with Crippen molar-refractivity contribution in [3.8, 4) is 0 Å². The van der Waals surface area contributed by atoms with E-state index in [1.807, 2.05) is 19.1 Å². The third-order valence-corrected chi connectivity index (χ3v) is 3.79. The van der Waals surface area contributed by atoms with Crippen molar-refractivity contribution in [2.45, 2.75) is 18.7 Å². The molecule has 0 amide bonds. The highest BCUT2D eigenvalue weighted by molar-refractivity contribution is 8.00. The molecule has 0 atom stereocenters. The number of aryl methyl sites for hydroxylation is 2. The number of carbonyl (C=O) groups excluding carboxylic acids is 1. The summed E-state index contributed by atoms with van der Waals surface area (Å²) in [5.74, 6) is -0.326. The van der Waals surface area contributed by atoms with Gasteiger partial charge < -0.3 is 9.46 Å². The number of nitrogens with one attached hydrogen (secondary N) is 1. The molecule has 0 saturated heterocycles. The van der Waals surface area contributed by atoms with Crippen molar-refractivity contribution in [2.75, 3.05) is 11.8 Å². The van der Waals surface area contributed by atoms with Gasteiger partial charge in [0, 0.05) is 10.6 Å². The molecular formula is C16H17NO2S. The quantitative estimate of drug-likeness (QED) is 0.675. The summed E-state index contributed by atoms with van der Waals surface area (Å²) in [6, 6.07) is 13.7. The molecule has 1 N–H and O–H groups in total. The molecule has 0 saturated carbocycles. The summed E-state index contributed by atoms with van der Waals surface area (Å²) in [5.41, 5.74) is 3.78. The van der Waals surface area contributed by atoms with Crippen LogP contribution in [0.15, 0.2) is 47.4 Å². The van der Waals surface area contributed by atoms with E-state index in [-0.39, 0.29) is 5.97 Å². The van der Waals surface area contributed by atoms with Gasteiger partial charge in [0.05, 0.1) is 12.7 Å². The second-order valence-corrected chi connectivity index (χ2v) is 5.42. The number of esters is 1. The maximum atomic E-state index is 11.5. The van der Waals surface area contributed by atoms with E-state index >= 15 is 0 Å². The van der Waals surface area contributed by atoms with Crippen molar-refractivity contribution in [1.82, 2.24) is 0 Å². The van der Waals surface area contributed by atoms with Crippen LogP contribution in [0, 0.1) is 13.8 Å². The van der Waals surface area contributed by atoms with Gasteiger partial charge in [-0.15, -0.1) is 0 Å². The lowest BCUT2D eigenvalue weighted by Crippen LogP contribution is -2.02. The van der Waals surface area contributed by atoms with Crippen molar-refractivity contribution in [2.24, 2.45) is 0 Å². The Kier molecular flexibility index (Phi) is 4.69. The van der Waals surface area contributed by atoms with Crippen LogP contribution in [0.5, 0.6) is 0 Å².